The molecule has 33 heavy (non-hydrogen) atoms. The fraction of sp³-hybridized carbons (Fsp3) is 0.346. The van der Waals surface area contributed by atoms with Crippen LogP contribution in [0, 0.1) is 5.92 Å². The minimum absolute atomic E-state index is 0.0366. The van der Waals surface area contributed by atoms with Crippen molar-refractivity contribution in [1.82, 2.24) is 19.4 Å². The van der Waals surface area contributed by atoms with Gasteiger partial charge < -0.3 is 14.7 Å². The number of aromatic nitrogens is 3. The summed E-state index contributed by atoms with van der Waals surface area (Å²) in [5, 5.41) is 11.2. The lowest BCUT2D eigenvalue weighted by Crippen LogP contribution is -2.39. The van der Waals surface area contributed by atoms with E-state index in [2.05, 4.69) is 46.9 Å². The number of hydrogen-bond donors (Lipinski definition) is 2. The zero-order chi connectivity index (χ0) is 23.1. The molecule has 7 heteroatoms. The molecule has 7 nitrogen and oxygen atoms in total. The molecule has 0 amide bonds. The van der Waals surface area contributed by atoms with Crippen molar-refractivity contribution >= 4 is 27.6 Å². The van der Waals surface area contributed by atoms with E-state index in [0.29, 0.717) is 23.4 Å². The summed E-state index contributed by atoms with van der Waals surface area (Å²) < 4.78 is 1.59. The van der Waals surface area contributed by atoms with Gasteiger partial charge in [0, 0.05) is 47.8 Å². The first kappa shape index (κ1) is 21.4. The number of carboxylic acids is 1. The summed E-state index contributed by atoms with van der Waals surface area (Å²) in [6.07, 6.45) is 6.85. The first-order chi connectivity index (χ1) is 15.9. The molecule has 4 aromatic rings. The number of piperidine rings is 1. The van der Waals surface area contributed by atoms with E-state index in [-0.39, 0.29) is 11.1 Å². The Morgan fingerprint density at radius 2 is 2.00 bits per heavy atom. The standard InChI is InChI=1S/C26H28N4O3/c1-16-5-7-29(17(2)9-16)15-20-11-19-4-3-18(10-24(19)28-20)14-30-8-6-21-22(25(30)31)12-27-13-23(21)26(32)33/h3-4,6,8,10-13,16-17,28H,5,7,9,14-15H2,1-2H3,(H,32,33)/t16-,17-/m1/s1. The number of nitrogens with zero attached hydrogens (tertiary/aromatic N) is 3. The van der Waals surface area contributed by atoms with Gasteiger partial charge >= 0.3 is 5.97 Å². The van der Waals surface area contributed by atoms with Crippen LogP contribution in [-0.4, -0.2) is 43.1 Å². The van der Waals surface area contributed by atoms with Crippen LogP contribution in [0.3, 0.4) is 0 Å². The van der Waals surface area contributed by atoms with Crippen LogP contribution in [0.1, 0.15) is 48.3 Å². The van der Waals surface area contributed by atoms with Gasteiger partial charge in [0.25, 0.3) is 5.56 Å². The van der Waals surface area contributed by atoms with Crippen LogP contribution in [-0.2, 0) is 13.1 Å². The Bertz CT molecular complexity index is 1400. The number of benzene rings is 1. The zero-order valence-corrected chi connectivity index (χ0v) is 18.9. The van der Waals surface area contributed by atoms with Crippen LogP contribution in [0.15, 0.2) is 53.7 Å². The first-order valence-electron chi connectivity index (χ1n) is 11.4. The Labute approximate surface area is 191 Å². The summed E-state index contributed by atoms with van der Waals surface area (Å²) in [5.41, 5.74) is 3.06. The predicted octanol–water partition coefficient (Wildman–Crippen LogP) is 4.24. The number of likely N-dealkylation sites (tertiary alicyclic amines) is 1. The van der Waals surface area contributed by atoms with Crippen LogP contribution in [0.5, 0.6) is 0 Å². The van der Waals surface area contributed by atoms with Crippen LogP contribution in [0.2, 0.25) is 0 Å². The summed E-state index contributed by atoms with van der Waals surface area (Å²) in [7, 11) is 0. The average molecular weight is 445 g/mol. The molecule has 0 saturated carbocycles. The Morgan fingerprint density at radius 1 is 1.15 bits per heavy atom. The van der Waals surface area contributed by atoms with E-state index in [1.54, 1.807) is 16.8 Å². The van der Waals surface area contributed by atoms with Gasteiger partial charge in [-0.15, -0.1) is 0 Å². The summed E-state index contributed by atoms with van der Waals surface area (Å²) in [6.45, 7) is 7.10. The van der Waals surface area contributed by atoms with Gasteiger partial charge in [-0.3, -0.25) is 14.7 Å². The maximum absolute atomic E-state index is 13.0. The number of carboxylic acid groups (broad SMARTS) is 1. The van der Waals surface area contributed by atoms with Gasteiger partial charge in [0.15, 0.2) is 0 Å². The fourth-order valence-electron chi connectivity index (χ4n) is 5.03. The molecular formula is C26H28N4O3. The van der Waals surface area contributed by atoms with Crippen LogP contribution in [0.25, 0.3) is 21.7 Å². The summed E-state index contributed by atoms with van der Waals surface area (Å²) in [6, 6.07) is 10.7. The Morgan fingerprint density at radius 3 is 2.79 bits per heavy atom. The molecular weight excluding hydrogens is 416 g/mol. The minimum Gasteiger partial charge on any atom is -0.478 e. The topological polar surface area (TPSA) is 91.2 Å². The molecule has 1 aromatic carbocycles. The van der Waals surface area contributed by atoms with Crippen LogP contribution < -0.4 is 5.56 Å². The van der Waals surface area contributed by atoms with Crippen LogP contribution >= 0.6 is 0 Å². The van der Waals surface area contributed by atoms with Gasteiger partial charge in [0.2, 0.25) is 0 Å². The highest BCUT2D eigenvalue weighted by Crippen LogP contribution is 2.25. The molecule has 4 heterocycles. The molecule has 0 aliphatic carbocycles. The van der Waals surface area contributed by atoms with Crippen molar-refractivity contribution in [2.75, 3.05) is 6.54 Å². The Balaban J connectivity index is 1.40. The maximum atomic E-state index is 13.0. The van der Waals surface area contributed by atoms with Crippen LogP contribution in [0.4, 0.5) is 0 Å². The minimum atomic E-state index is -1.09. The number of fused-ring (bicyclic) bond motifs is 2. The van der Waals surface area contributed by atoms with E-state index in [1.807, 2.05) is 6.07 Å². The van der Waals surface area contributed by atoms with Gasteiger partial charge in [-0.05, 0) is 61.4 Å². The Kier molecular flexibility index (Phi) is 5.50. The molecule has 2 atom stereocenters. The molecule has 1 fully saturated rings. The van der Waals surface area contributed by atoms with Crippen molar-refractivity contribution in [3.63, 3.8) is 0 Å². The van der Waals surface area contributed by atoms with Crippen molar-refractivity contribution < 1.29 is 9.90 Å². The number of hydrogen-bond acceptors (Lipinski definition) is 4. The second kappa shape index (κ2) is 8.48. The normalized spacial score (nSPS) is 19.3. The van der Waals surface area contributed by atoms with E-state index >= 15 is 0 Å². The molecule has 0 spiro atoms. The van der Waals surface area contributed by atoms with Gasteiger partial charge in [-0.25, -0.2) is 4.79 Å². The smallest absolute Gasteiger partial charge is 0.337 e. The van der Waals surface area contributed by atoms with E-state index in [0.717, 1.165) is 35.5 Å². The molecule has 2 N–H and O–H groups in total. The second-order valence-corrected chi connectivity index (χ2v) is 9.37. The highest BCUT2D eigenvalue weighted by Gasteiger charge is 2.23. The molecule has 0 unspecified atom stereocenters. The first-order valence-corrected chi connectivity index (χ1v) is 11.4. The summed E-state index contributed by atoms with van der Waals surface area (Å²) >= 11 is 0. The fourth-order valence-corrected chi connectivity index (χ4v) is 5.03. The lowest BCUT2D eigenvalue weighted by atomic mass is 9.93. The highest BCUT2D eigenvalue weighted by atomic mass is 16.4. The van der Waals surface area contributed by atoms with Gasteiger partial charge in [-0.2, -0.15) is 0 Å². The monoisotopic (exact) mass is 444 g/mol. The second-order valence-electron chi connectivity index (χ2n) is 9.37. The Hall–Kier alpha value is -3.45. The number of pyridine rings is 2. The van der Waals surface area contributed by atoms with Crippen molar-refractivity contribution in [2.45, 2.75) is 45.8 Å². The number of aromatic carboxylic acids is 1. The maximum Gasteiger partial charge on any atom is 0.337 e. The number of nitrogens with one attached hydrogen (secondary N) is 1. The molecule has 0 radical (unpaired) electrons. The third kappa shape index (κ3) is 4.16. The van der Waals surface area contributed by atoms with Crippen molar-refractivity contribution in [1.29, 1.82) is 0 Å². The van der Waals surface area contributed by atoms with Crippen molar-refractivity contribution in [3.8, 4) is 0 Å². The number of aromatic amines is 1. The molecule has 1 aliphatic heterocycles. The van der Waals surface area contributed by atoms with Crippen molar-refractivity contribution in [2.24, 2.45) is 5.92 Å². The lowest BCUT2D eigenvalue weighted by Gasteiger charge is -2.36. The van der Waals surface area contributed by atoms with E-state index in [1.165, 1.54) is 30.9 Å². The molecule has 170 valence electrons. The third-order valence-corrected chi connectivity index (χ3v) is 6.88. The van der Waals surface area contributed by atoms with Crippen molar-refractivity contribution in [3.05, 3.63) is 76.1 Å². The van der Waals surface area contributed by atoms with E-state index in [9.17, 15) is 14.7 Å². The third-order valence-electron chi connectivity index (χ3n) is 6.88. The predicted molar refractivity (Wildman–Crippen MR) is 129 cm³/mol. The zero-order valence-electron chi connectivity index (χ0n) is 18.9. The number of H-pyrrole nitrogens is 1. The molecule has 1 aliphatic rings. The molecule has 0 bridgehead atoms. The molecule has 1 saturated heterocycles. The highest BCUT2D eigenvalue weighted by molar-refractivity contribution is 6.02. The number of carbonyl (C=O) groups is 1. The van der Waals surface area contributed by atoms with Gasteiger partial charge in [-0.1, -0.05) is 19.1 Å². The SMILES string of the molecule is C[C@@H]1CCN(Cc2cc3ccc(Cn4ccc5c(C(=O)O)cncc5c4=O)cc3[nH]2)[C@H](C)C1. The largest absolute Gasteiger partial charge is 0.478 e. The molecule has 3 aromatic heterocycles. The van der Waals surface area contributed by atoms with Gasteiger partial charge in [0.05, 0.1) is 17.5 Å². The summed E-state index contributed by atoms with van der Waals surface area (Å²) in [4.78, 5) is 34.4. The van der Waals surface area contributed by atoms with Gasteiger partial charge in [0.1, 0.15) is 0 Å². The average Bonchev–Trinajstić information content (AvgIpc) is 3.19. The van der Waals surface area contributed by atoms with E-state index in [4.69, 9.17) is 0 Å². The molecule has 5 rings (SSSR count). The quantitative estimate of drug-likeness (QED) is 0.480. The van der Waals surface area contributed by atoms with E-state index < -0.39 is 5.97 Å². The number of rotatable bonds is 5. The summed E-state index contributed by atoms with van der Waals surface area (Å²) in [5.74, 6) is -0.293. The lowest BCUT2D eigenvalue weighted by molar-refractivity contribution is 0.0698.